The molecule has 0 amide bonds. The van der Waals surface area contributed by atoms with Gasteiger partial charge in [0, 0.05) is 31.4 Å². The molecule has 0 bridgehead atoms. The van der Waals surface area contributed by atoms with E-state index in [2.05, 4.69) is 34.3 Å². The van der Waals surface area contributed by atoms with Gasteiger partial charge in [0.25, 0.3) is 0 Å². The molecule has 0 fully saturated rings. The summed E-state index contributed by atoms with van der Waals surface area (Å²) in [4.78, 5) is 8.61. The summed E-state index contributed by atoms with van der Waals surface area (Å²) in [7, 11) is 0. The van der Waals surface area contributed by atoms with Crippen molar-refractivity contribution in [3.05, 3.63) is 30.1 Å². The Morgan fingerprint density at radius 1 is 1.19 bits per heavy atom. The molecule has 1 atom stereocenters. The van der Waals surface area contributed by atoms with Crippen LogP contribution in [0.2, 0.25) is 0 Å². The summed E-state index contributed by atoms with van der Waals surface area (Å²) in [5.74, 6) is 1.17. The number of nitrogens with one attached hydrogen (secondary N) is 1. The minimum atomic E-state index is 0.319. The summed E-state index contributed by atoms with van der Waals surface area (Å²) >= 11 is 0. The van der Waals surface area contributed by atoms with Crippen LogP contribution in [-0.2, 0) is 0 Å². The summed E-state index contributed by atoms with van der Waals surface area (Å²) in [6.07, 6.45) is 8.56. The molecule has 3 nitrogen and oxygen atoms in total. The van der Waals surface area contributed by atoms with Gasteiger partial charge in [-0.1, -0.05) is 6.42 Å². The number of rotatable bonds is 2. The Morgan fingerprint density at radius 3 is 2.81 bits per heavy atom. The highest BCUT2D eigenvalue weighted by atomic mass is 15.0. The molecule has 0 spiro atoms. The molecule has 0 radical (unpaired) electrons. The molecule has 0 saturated heterocycles. The van der Waals surface area contributed by atoms with Crippen molar-refractivity contribution in [2.75, 3.05) is 6.54 Å². The Bertz CT molecular complexity index is 345. The van der Waals surface area contributed by atoms with Gasteiger partial charge in [-0.05, 0) is 37.5 Å². The Morgan fingerprint density at radius 2 is 2.00 bits per heavy atom. The highest BCUT2D eigenvalue weighted by Gasteiger charge is 2.09. The zero-order valence-corrected chi connectivity index (χ0v) is 9.82. The molecular weight excluding hydrogens is 198 g/mol. The van der Waals surface area contributed by atoms with E-state index < -0.39 is 0 Å². The van der Waals surface area contributed by atoms with E-state index in [1.165, 1.54) is 30.7 Å². The van der Waals surface area contributed by atoms with E-state index in [0.29, 0.717) is 6.04 Å². The number of amidine groups is 1. The number of aromatic nitrogens is 1. The van der Waals surface area contributed by atoms with Gasteiger partial charge in [0.05, 0.1) is 5.84 Å². The fourth-order valence-corrected chi connectivity index (χ4v) is 1.98. The van der Waals surface area contributed by atoms with Crippen molar-refractivity contribution in [3.63, 3.8) is 0 Å². The van der Waals surface area contributed by atoms with E-state index in [1.54, 1.807) is 0 Å². The fourth-order valence-electron chi connectivity index (χ4n) is 1.98. The lowest BCUT2D eigenvalue weighted by molar-refractivity contribution is 0.692. The van der Waals surface area contributed by atoms with Crippen molar-refractivity contribution in [3.8, 4) is 0 Å². The lowest BCUT2D eigenvalue weighted by Crippen LogP contribution is -2.26. The van der Waals surface area contributed by atoms with Crippen molar-refractivity contribution in [2.24, 2.45) is 4.99 Å². The van der Waals surface area contributed by atoms with E-state index in [1.807, 2.05) is 12.4 Å². The number of hydrogen-bond donors (Lipinski definition) is 1. The molecule has 1 N–H and O–H groups in total. The molecule has 2 rings (SSSR count). The highest BCUT2D eigenvalue weighted by molar-refractivity contribution is 5.82. The Labute approximate surface area is 97.0 Å². The smallest absolute Gasteiger partial charge is 0.0967 e. The first kappa shape index (κ1) is 11.1. The molecule has 1 aliphatic heterocycles. The van der Waals surface area contributed by atoms with Crippen LogP contribution < -0.4 is 5.32 Å². The van der Waals surface area contributed by atoms with E-state index >= 15 is 0 Å². The van der Waals surface area contributed by atoms with Crippen LogP contribution in [0.3, 0.4) is 0 Å². The molecule has 0 aliphatic carbocycles. The van der Waals surface area contributed by atoms with Gasteiger partial charge < -0.3 is 5.32 Å². The lowest BCUT2D eigenvalue weighted by Gasteiger charge is -2.16. The molecule has 0 unspecified atom stereocenters. The van der Waals surface area contributed by atoms with Crippen molar-refractivity contribution in [1.82, 2.24) is 10.3 Å². The Kier molecular flexibility index (Phi) is 3.91. The topological polar surface area (TPSA) is 37.3 Å². The van der Waals surface area contributed by atoms with Gasteiger partial charge in [0.15, 0.2) is 0 Å². The van der Waals surface area contributed by atoms with Crippen molar-refractivity contribution in [1.29, 1.82) is 0 Å². The van der Waals surface area contributed by atoms with E-state index in [0.717, 1.165) is 13.0 Å². The summed E-state index contributed by atoms with van der Waals surface area (Å²) < 4.78 is 0. The summed E-state index contributed by atoms with van der Waals surface area (Å²) in [5, 5.41) is 3.50. The maximum Gasteiger partial charge on any atom is 0.0967 e. The zero-order valence-electron chi connectivity index (χ0n) is 9.82. The van der Waals surface area contributed by atoms with Crippen LogP contribution in [0.4, 0.5) is 0 Å². The largest absolute Gasteiger partial charge is 0.367 e. The summed E-state index contributed by atoms with van der Waals surface area (Å²) in [6.45, 7) is 3.15. The fraction of sp³-hybridized carbons (Fsp3) is 0.538. The quantitative estimate of drug-likeness (QED) is 0.827. The molecule has 86 valence electrons. The number of hydrogen-bond acceptors (Lipinski definition) is 3. The van der Waals surface area contributed by atoms with Gasteiger partial charge in [-0.3, -0.25) is 9.98 Å². The van der Waals surface area contributed by atoms with Gasteiger partial charge in [0.2, 0.25) is 0 Å². The predicted octanol–water partition coefficient (Wildman–Crippen LogP) is 2.70. The average Bonchev–Trinajstić information content (AvgIpc) is 2.59. The SMILES string of the molecule is C[C@@H](NC1=NCCCCC1)c1ccncc1. The molecule has 16 heavy (non-hydrogen) atoms. The van der Waals surface area contributed by atoms with Gasteiger partial charge in [-0.2, -0.15) is 0 Å². The van der Waals surface area contributed by atoms with Gasteiger partial charge in [-0.25, -0.2) is 0 Å². The molecule has 2 heterocycles. The molecule has 1 aliphatic rings. The second-order valence-corrected chi connectivity index (χ2v) is 4.29. The third kappa shape index (κ3) is 3.05. The van der Waals surface area contributed by atoms with Crippen LogP contribution >= 0.6 is 0 Å². The maximum absolute atomic E-state index is 4.58. The first-order valence-electron chi connectivity index (χ1n) is 6.06. The summed E-state index contributed by atoms with van der Waals surface area (Å²) in [5.41, 5.74) is 1.27. The van der Waals surface area contributed by atoms with E-state index in [-0.39, 0.29) is 0 Å². The van der Waals surface area contributed by atoms with E-state index in [9.17, 15) is 0 Å². The number of aliphatic imine (C=N–C) groups is 1. The zero-order chi connectivity index (χ0) is 11.2. The van der Waals surface area contributed by atoms with Crippen molar-refractivity contribution in [2.45, 2.75) is 38.6 Å². The van der Waals surface area contributed by atoms with Crippen LogP contribution in [0.25, 0.3) is 0 Å². The maximum atomic E-state index is 4.58. The normalized spacial score (nSPS) is 18.4. The molecule has 3 heteroatoms. The number of nitrogens with zero attached hydrogens (tertiary/aromatic N) is 2. The molecule has 0 saturated carbocycles. The lowest BCUT2D eigenvalue weighted by atomic mass is 10.1. The molecule has 1 aromatic heterocycles. The van der Waals surface area contributed by atoms with Crippen LogP contribution in [0.5, 0.6) is 0 Å². The van der Waals surface area contributed by atoms with Gasteiger partial charge in [0.1, 0.15) is 0 Å². The Hall–Kier alpha value is -1.38. The third-order valence-electron chi connectivity index (χ3n) is 2.96. The van der Waals surface area contributed by atoms with Crippen LogP contribution in [0.1, 0.15) is 44.2 Å². The van der Waals surface area contributed by atoms with E-state index in [4.69, 9.17) is 0 Å². The minimum absolute atomic E-state index is 0.319. The highest BCUT2D eigenvalue weighted by Crippen LogP contribution is 2.13. The van der Waals surface area contributed by atoms with Gasteiger partial charge >= 0.3 is 0 Å². The second kappa shape index (κ2) is 5.64. The predicted molar refractivity (Wildman–Crippen MR) is 66.6 cm³/mol. The summed E-state index contributed by atoms with van der Waals surface area (Å²) in [6, 6.07) is 4.42. The molecule has 1 aromatic rings. The van der Waals surface area contributed by atoms with Crippen LogP contribution in [0.15, 0.2) is 29.5 Å². The second-order valence-electron chi connectivity index (χ2n) is 4.29. The first-order chi connectivity index (χ1) is 7.86. The standard InChI is InChI=1S/C13H19N3/c1-11(12-6-9-14-10-7-12)16-13-5-3-2-4-8-15-13/h6-7,9-11H,2-5,8H2,1H3,(H,15,16)/t11-/m1/s1. The minimum Gasteiger partial charge on any atom is -0.367 e. The molecule has 0 aromatic carbocycles. The first-order valence-corrected chi connectivity index (χ1v) is 6.06. The average molecular weight is 217 g/mol. The van der Waals surface area contributed by atoms with Crippen molar-refractivity contribution >= 4 is 5.84 Å². The monoisotopic (exact) mass is 217 g/mol. The van der Waals surface area contributed by atoms with Crippen LogP contribution in [-0.4, -0.2) is 17.4 Å². The number of pyridine rings is 1. The Balaban J connectivity index is 1.96. The van der Waals surface area contributed by atoms with Crippen LogP contribution in [0, 0.1) is 0 Å². The third-order valence-corrected chi connectivity index (χ3v) is 2.96. The molecular formula is C13H19N3. The van der Waals surface area contributed by atoms with Crippen molar-refractivity contribution < 1.29 is 0 Å². The van der Waals surface area contributed by atoms with Gasteiger partial charge in [-0.15, -0.1) is 0 Å².